The summed E-state index contributed by atoms with van der Waals surface area (Å²) in [6.45, 7) is 6.00. The third-order valence-electron chi connectivity index (χ3n) is 2.86. The molecule has 9 nitrogen and oxygen atoms in total. The van der Waals surface area contributed by atoms with E-state index in [1.54, 1.807) is 13.8 Å². The standard InChI is InChI=1S/C10H17N2O7PS2/c1-4-15-21-18-20(14,19-22-16-5-2)12-9(13)17-8(11-12)10(3)6-7-10/h4-7H2,1-3H3. The van der Waals surface area contributed by atoms with E-state index in [4.69, 9.17) is 20.7 Å². The van der Waals surface area contributed by atoms with E-state index < -0.39 is 13.5 Å². The van der Waals surface area contributed by atoms with Gasteiger partial charge in [-0.3, -0.25) is 8.37 Å². The van der Waals surface area contributed by atoms with E-state index in [2.05, 4.69) is 5.10 Å². The first-order valence-corrected chi connectivity index (χ1v) is 9.45. The van der Waals surface area contributed by atoms with E-state index in [1.807, 2.05) is 6.92 Å². The fourth-order valence-electron chi connectivity index (χ4n) is 1.36. The molecule has 12 heteroatoms. The molecule has 1 aliphatic rings. The van der Waals surface area contributed by atoms with Crippen LogP contribution in [0.2, 0.25) is 0 Å². The fraction of sp³-hybridized carbons (Fsp3) is 0.800. The van der Waals surface area contributed by atoms with Crippen molar-refractivity contribution in [3.8, 4) is 0 Å². The van der Waals surface area contributed by atoms with Crippen LogP contribution in [0.5, 0.6) is 0 Å². The molecule has 1 heterocycles. The van der Waals surface area contributed by atoms with Crippen LogP contribution in [0.3, 0.4) is 0 Å². The van der Waals surface area contributed by atoms with E-state index in [-0.39, 0.29) is 11.3 Å². The summed E-state index contributed by atoms with van der Waals surface area (Å²) in [5.74, 6) is -0.701. The number of aromatic nitrogens is 2. The Bertz CT molecular complexity index is 586. The molecule has 1 aliphatic carbocycles. The van der Waals surface area contributed by atoms with Crippen molar-refractivity contribution in [3.63, 3.8) is 0 Å². The van der Waals surface area contributed by atoms with Crippen LogP contribution in [-0.4, -0.2) is 22.8 Å². The highest BCUT2D eigenvalue weighted by atomic mass is 32.2. The van der Waals surface area contributed by atoms with Crippen molar-refractivity contribution < 1.29 is 25.3 Å². The highest BCUT2D eigenvalue weighted by Gasteiger charge is 2.46. The van der Waals surface area contributed by atoms with E-state index in [0.29, 0.717) is 42.3 Å². The second-order valence-corrected chi connectivity index (χ2v) is 7.94. The summed E-state index contributed by atoms with van der Waals surface area (Å²) >= 11 is 0.912. The normalized spacial score (nSPS) is 16.9. The molecule has 1 aromatic rings. The van der Waals surface area contributed by atoms with Crippen molar-refractivity contribution in [3.05, 3.63) is 16.4 Å². The Hall–Kier alpha value is -0.290. The fourth-order valence-corrected chi connectivity index (χ4v) is 3.77. The Morgan fingerprint density at radius 3 is 2.27 bits per heavy atom. The van der Waals surface area contributed by atoms with E-state index >= 15 is 0 Å². The van der Waals surface area contributed by atoms with Crippen LogP contribution in [0.25, 0.3) is 0 Å². The molecule has 0 aromatic carbocycles. The van der Waals surface area contributed by atoms with Crippen molar-refractivity contribution in [1.29, 1.82) is 0 Å². The van der Waals surface area contributed by atoms with Crippen molar-refractivity contribution in [2.24, 2.45) is 0 Å². The van der Waals surface area contributed by atoms with Crippen LogP contribution in [0.1, 0.15) is 39.5 Å². The van der Waals surface area contributed by atoms with Gasteiger partial charge >= 0.3 is 13.5 Å². The zero-order valence-electron chi connectivity index (χ0n) is 12.3. The van der Waals surface area contributed by atoms with Crippen LogP contribution in [0.15, 0.2) is 9.21 Å². The molecule has 0 N–H and O–H groups in total. The molecule has 1 fully saturated rings. The minimum absolute atomic E-state index is 0.216. The highest BCUT2D eigenvalue weighted by Crippen LogP contribution is 2.55. The second-order valence-electron chi connectivity index (χ2n) is 4.69. The van der Waals surface area contributed by atoms with Gasteiger partial charge in [0.25, 0.3) is 0 Å². The lowest BCUT2D eigenvalue weighted by Gasteiger charge is -2.12. The van der Waals surface area contributed by atoms with Crippen molar-refractivity contribution >= 4 is 32.4 Å². The number of rotatable bonds is 10. The predicted molar refractivity (Wildman–Crippen MR) is 81.0 cm³/mol. The molecule has 1 aromatic heterocycles. The SMILES string of the molecule is CCOSOP(=O)(OSOCC)n1nc(C2(C)CC2)oc1=O. The molecule has 0 unspecified atom stereocenters. The Morgan fingerprint density at radius 1 is 1.27 bits per heavy atom. The topological polar surface area (TPSA) is 102 Å². The minimum Gasteiger partial charge on any atom is -0.391 e. The Kier molecular flexibility index (Phi) is 6.17. The molecule has 0 radical (unpaired) electrons. The third kappa shape index (κ3) is 4.16. The van der Waals surface area contributed by atoms with Gasteiger partial charge in [0, 0.05) is 5.41 Å². The molecule has 0 bridgehead atoms. The Morgan fingerprint density at radius 2 is 1.82 bits per heavy atom. The van der Waals surface area contributed by atoms with Gasteiger partial charge in [0.15, 0.2) is 24.6 Å². The molecule has 0 spiro atoms. The highest BCUT2D eigenvalue weighted by molar-refractivity contribution is 7.97. The monoisotopic (exact) mass is 372 g/mol. The third-order valence-corrected chi connectivity index (χ3v) is 6.24. The molecular weight excluding hydrogens is 355 g/mol. The van der Waals surface area contributed by atoms with Crippen molar-refractivity contribution in [2.75, 3.05) is 13.2 Å². The quantitative estimate of drug-likeness (QED) is 0.346. The van der Waals surface area contributed by atoms with Gasteiger partial charge in [-0.05, 0) is 26.7 Å². The van der Waals surface area contributed by atoms with Crippen LogP contribution in [0.4, 0.5) is 0 Å². The maximum atomic E-state index is 12.7. The second kappa shape index (κ2) is 7.52. The molecule has 22 heavy (non-hydrogen) atoms. The summed E-state index contributed by atoms with van der Waals surface area (Å²) in [6, 6.07) is 0. The van der Waals surface area contributed by atoms with Gasteiger partial charge in [0.1, 0.15) is 0 Å². The van der Waals surface area contributed by atoms with Crippen LogP contribution < -0.4 is 5.76 Å². The molecule has 126 valence electrons. The summed E-state index contributed by atoms with van der Waals surface area (Å²) < 4.78 is 38.2. The number of hydrogen-bond acceptors (Lipinski definition) is 10. The summed E-state index contributed by atoms with van der Waals surface area (Å²) in [6.07, 6.45) is 1.70. The molecule has 0 aliphatic heterocycles. The van der Waals surface area contributed by atoms with Gasteiger partial charge in [-0.25, -0.2) is 9.36 Å². The minimum atomic E-state index is -4.11. The van der Waals surface area contributed by atoms with Gasteiger partial charge in [-0.1, -0.05) is 11.4 Å². The average Bonchev–Trinajstić information content (AvgIpc) is 3.09. The van der Waals surface area contributed by atoms with Crippen molar-refractivity contribution in [2.45, 2.75) is 39.0 Å². The zero-order valence-corrected chi connectivity index (χ0v) is 14.9. The largest absolute Gasteiger partial charge is 0.487 e. The summed E-state index contributed by atoms with van der Waals surface area (Å²) in [4.78, 5) is 11.9. The van der Waals surface area contributed by atoms with Crippen LogP contribution >= 0.6 is 32.4 Å². The smallest absolute Gasteiger partial charge is 0.391 e. The molecular formula is C10H17N2O7PS2. The number of nitrogens with zero attached hydrogens (tertiary/aromatic N) is 2. The average molecular weight is 372 g/mol. The molecule has 0 atom stereocenters. The van der Waals surface area contributed by atoms with Gasteiger partial charge < -0.3 is 4.42 Å². The first-order chi connectivity index (χ1) is 10.4. The van der Waals surface area contributed by atoms with E-state index in [9.17, 15) is 9.36 Å². The van der Waals surface area contributed by atoms with Gasteiger partial charge in [-0.2, -0.15) is 7.94 Å². The van der Waals surface area contributed by atoms with Gasteiger partial charge in [0.2, 0.25) is 5.89 Å². The summed E-state index contributed by atoms with van der Waals surface area (Å²) in [5, 5.41) is 3.96. The molecule has 1 saturated carbocycles. The maximum Gasteiger partial charge on any atom is 0.487 e. The lowest BCUT2D eigenvalue weighted by atomic mass is 10.1. The van der Waals surface area contributed by atoms with E-state index in [0.717, 1.165) is 12.8 Å². The zero-order chi connectivity index (χ0) is 16.2. The first-order valence-electron chi connectivity index (χ1n) is 6.62. The molecule has 0 amide bonds. The molecule has 2 rings (SSSR count). The first kappa shape index (κ1) is 18.1. The van der Waals surface area contributed by atoms with Crippen molar-refractivity contribution in [1.82, 2.24) is 9.55 Å². The van der Waals surface area contributed by atoms with Gasteiger partial charge in [-0.15, -0.1) is 5.10 Å². The lowest BCUT2D eigenvalue weighted by molar-refractivity contribution is 0.326. The predicted octanol–water partition coefficient (Wildman–Crippen LogP) is 3.08. The summed E-state index contributed by atoms with van der Waals surface area (Å²) in [7, 11) is -4.11. The molecule has 0 saturated heterocycles. The number of hydrogen-bond donors (Lipinski definition) is 0. The van der Waals surface area contributed by atoms with Crippen LogP contribution in [0, 0.1) is 0 Å². The summed E-state index contributed by atoms with van der Waals surface area (Å²) in [5.41, 5.74) is -0.296. The lowest BCUT2D eigenvalue weighted by Crippen LogP contribution is -2.15. The van der Waals surface area contributed by atoms with Crippen LogP contribution in [-0.2, 0) is 26.3 Å². The Balaban J connectivity index is 2.21. The Labute approximate surface area is 136 Å². The van der Waals surface area contributed by atoms with Gasteiger partial charge in [0.05, 0.1) is 13.2 Å². The van der Waals surface area contributed by atoms with E-state index in [1.165, 1.54) is 0 Å². The maximum absolute atomic E-state index is 12.7.